The number of unbranched alkanes of at least 4 members (excludes halogenated alkanes) is 7. The highest BCUT2D eigenvalue weighted by atomic mass is 16.2. The van der Waals surface area contributed by atoms with Crippen LogP contribution in [0.1, 0.15) is 99.8 Å². The maximum absolute atomic E-state index is 12.7. The second-order valence-electron chi connectivity index (χ2n) is 11.5. The molecule has 0 saturated carbocycles. The molecule has 0 bridgehead atoms. The summed E-state index contributed by atoms with van der Waals surface area (Å²) in [6, 6.07) is 16.8. The van der Waals surface area contributed by atoms with Crippen LogP contribution in [0, 0.1) is 11.8 Å². The van der Waals surface area contributed by atoms with Crippen LogP contribution in [0.2, 0.25) is 0 Å². The molecule has 230 valence electrons. The van der Waals surface area contributed by atoms with E-state index in [9.17, 15) is 19.2 Å². The lowest BCUT2D eigenvalue weighted by Gasteiger charge is -2.22. The molecule has 0 unspecified atom stereocenters. The molecule has 4 amide bonds. The van der Waals surface area contributed by atoms with Crippen LogP contribution < -0.4 is 21.3 Å². The Balaban J connectivity index is 1.51. The maximum atomic E-state index is 12.7. The van der Waals surface area contributed by atoms with Crippen molar-refractivity contribution in [1.29, 1.82) is 0 Å². The van der Waals surface area contributed by atoms with Gasteiger partial charge in [-0.05, 0) is 48.9 Å². The Bertz CT molecular complexity index is 1000. The number of carbonyl (C=O) groups excluding carboxylic acids is 4. The van der Waals surface area contributed by atoms with E-state index in [-0.39, 0.29) is 35.5 Å². The standard InChI is InChI=1S/C34H50N4O4/c1-25(2)29(37-31(39)27-19-13-11-14-20-27)33(41)35-23-17-9-7-5-6-8-10-18-24-36-34(42)30(26(3)4)38-32(40)28-21-15-12-16-22-28/h11-16,19-22,25-26,29-30H,5-10,17-18,23-24H2,1-4H3,(H,35,41)(H,36,42)(H,37,39)(H,38,40)/t29-,30-/m0/s1. The zero-order chi connectivity index (χ0) is 30.7. The van der Waals surface area contributed by atoms with Crippen LogP contribution in [0.3, 0.4) is 0 Å². The SMILES string of the molecule is CC(C)[C@H](NC(=O)c1ccccc1)C(=O)NCCCCCCCCCCNC(=O)[C@@H](NC(=O)c1ccccc1)C(C)C. The highest BCUT2D eigenvalue weighted by Gasteiger charge is 2.25. The molecular weight excluding hydrogens is 528 g/mol. The number of hydrogen-bond donors (Lipinski definition) is 4. The normalized spacial score (nSPS) is 12.4. The number of amides is 4. The fraction of sp³-hybridized carbons (Fsp3) is 0.529. The first kappa shape index (κ1) is 34.5. The Hall–Kier alpha value is -3.68. The van der Waals surface area contributed by atoms with Crippen molar-refractivity contribution in [2.24, 2.45) is 11.8 Å². The largest absolute Gasteiger partial charge is 0.354 e. The van der Waals surface area contributed by atoms with Gasteiger partial charge in [0, 0.05) is 24.2 Å². The van der Waals surface area contributed by atoms with Crippen LogP contribution in [0.25, 0.3) is 0 Å². The van der Waals surface area contributed by atoms with Gasteiger partial charge in [-0.1, -0.05) is 103 Å². The third-order valence-electron chi connectivity index (χ3n) is 7.25. The topological polar surface area (TPSA) is 116 Å². The van der Waals surface area contributed by atoms with E-state index in [2.05, 4.69) is 21.3 Å². The van der Waals surface area contributed by atoms with Crippen molar-refractivity contribution >= 4 is 23.6 Å². The predicted octanol–water partition coefficient (Wildman–Crippen LogP) is 5.25. The molecule has 0 saturated heterocycles. The molecule has 0 aromatic heterocycles. The molecular formula is C34H50N4O4. The zero-order valence-corrected chi connectivity index (χ0v) is 25.8. The highest BCUT2D eigenvalue weighted by molar-refractivity contribution is 5.98. The van der Waals surface area contributed by atoms with Gasteiger partial charge in [-0.3, -0.25) is 19.2 Å². The summed E-state index contributed by atoms with van der Waals surface area (Å²) in [4.78, 5) is 50.2. The Morgan fingerprint density at radius 2 is 0.810 bits per heavy atom. The molecule has 0 fully saturated rings. The van der Waals surface area contributed by atoms with Gasteiger partial charge in [-0.15, -0.1) is 0 Å². The van der Waals surface area contributed by atoms with Crippen molar-refractivity contribution in [1.82, 2.24) is 21.3 Å². The summed E-state index contributed by atoms with van der Waals surface area (Å²) in [5.41, 5.74) is 1.09. The van der Waals surface area contributed by atoms with Crippen LogP contribution >= 0.6 is 0 Å². The fourth-order valence-corrected chi connectivity index (χ4v) is 4.65. The quantitative estimate of drug-likeness (QED) is 0.170. The molecule has 8 nitrogen and oxygen atoms in total. The summed E-state index contributed by atoms with van der Waals surface area (Å²) in [6.45, 7) is 8.92. The van der Waals surface area contributed by atoms with Crippen molar-refractivity contribution in [3.05, 3.63) is 71.8 Å². The van der Waals surface area contributed by atoms with Crippen LogP contribution in [0.4, 0.5) is 0 Å². The van der Waals surface area contributed by atoms with Crippen LogP contribution in [0.15, 0.2) is 60.7 Å². The molecule has 2 aromatic carbocycles. The monoisotopic (exact) mass is 578 g/mol. The summed E-state index contributed by atoms with van der Waals surface area (Å²) in [5, 5.41) is 11.7. The molecule has 0 aliphatic rings. The van der Waals surface area contributed by atoms with Crippen molar-refractivity contribution in [3.63, 3.8) is 0 Å². The van der Waals surface area contributed by atoms with Crippen molar-refractivity contribution in [2.75, 3.05) is 13.1 Å². The van der Waals surface area contributed by atoms with Crippen molar-refractivity contribution < 1.29 is 19.2 Å². The number of hydrogen-bond acceptors (Lipinski definition) is 4. The molecule has 0 aliphatic carbocycles. The van der Waals surface area contributed by atoms with E-state index in [1.165, 1.54) is 0 Å². The van der Waals surface area contributed by atoms with E-state index in [1.807, 2.05) is 39.8 Å². The Morgan fingerprint density at radius 3 is 1.12 bits per heavy atom. The molecule has 2 atom stereocenters. The van der Waals surface area contributed by atoms with Crippen molar-refractivity contribution in [2.45, 2.75) is 91.1 Å². The molecule has 42 heavy (non-hydrogen) atoms. The van der Waals surface area contributed by atoms with Gasteiger partial charge in [0.1, 0.15) is 12.1 Å². The van der Waals surface area contributed by atoms with E-state index in [0.29, 0.717) is 24.2 Å². The number of carbonyl (C=O) groups is 4. The molecule has 0 radical (unpaired) electrons. The molecule has 2 rings (SSSR count). The van der Waals surface area contributed by atoms with Gasteiger partial charge >= 0.3 is 0 Å². The Morgan fingerprint density at radius 1 is 0.500 bits per heavy atom. The smallest absolute Gasteiger partial charge is 0.251 e. The summed E-state index contributed by atoms with van der Waals surface area (Å²) in [6.07, 6.45) is 8.42. The summed E-state index contributed by atoms with van der Waals surface area (Å²) >= 11 is 0. The minimum absolute atomic E-state index is 0.0110. The molecule has 0 aliphatic heterocycles. The molecule has 4 N–H and O–H groups in total. The van der Waals surface area contributed by atoms with Gasteiger partial charge in [0.2, 0.25) is 11.8 Å². The lowest BCUT2D eigenvalue weighted by molar-refractivity contribution is -0.124. The lowest BCUT2D eigenvalue weighted by atomic mass is 10.0. The third-order valence-corrected chi connectivity index (χ3v) is 7.25. The Kier molecular flexibility index (Phi) is 16.0. The van der Waals surface area contributed by atoms with Gasteiger partial charge in [-0.25, -0.2) is 0 Å². The average Bonchev–Trinajstić information content (AvgIpc) is 2.99. The first-order chi connectivity index (χ1) is 20.2. The van der Waals surface area contributed by atoms with Gasteiger partial charge in [0.25, 0.3) is 11.8 Å². The summed E-state index contributed by atoms with van der Waals surface area (Å²) < 4.78 is 0. The molecule has 2 aromatic rings. The number of rotatable bonds is 19. The second-order valence-corrected chi connectivity index (χ2v) is 11.5. The van der Waals surface area contributed by atoms with Gasteiger partial charge < -0.3 is 21.3 Å². The van der Waals surface area contributed by atoms with Crippen LogP contribution in [0.5, 0.6) is 0 Å². The predicted molar refractivity (Wildman–Crippen MR) is 168 cm³/mol. The highest BCUT2D eigenvalue weighted by Crippen LogP contribution is 2.10. The first-order valence-corrected chi connectivity index (χ1v) is 15.5. The minimum Gasteiger partial charge on any atom is -0.354 e. The second kappa shape index (κ2) is 19.4. The third kappa shape index (κ3) is 12.9. The summed E-state index contributed by atoms with van der Waals surface area (Å²) in [7, 11) is 0. The van der Waals surface area contributed by atoms with Gasteiger partial charge in [0.15, 0.2) is 0 Å². The van der Waals surface area contributed by atoms with Gasteiger partial charge in [-0.2, -0.15) is 0 Å². The van der Waals surface area contributed by atoms with E-state index in [1.54, 1.807) is 48.5 Å². The van der Waals surface area contributed by atoms with E-state index < -0.39 is 12.1 Å². The zero-order valence-electron chi connectivity index (χ0n) is 25.8. The van der Waals surface area contributed by atoms with Crippen molar-refractivity contribution in [3.8, 4) is 0 Å². The molecule has 0 spiro atoms. The first-order valence-electron chi connectivity index (χ1n) is 15.5. The van der Waals surface area contributed by atoms with E-state index in [0.717, 1.165) is 51.4 Å². The molecule has 8 heteroatoms. The van der Waals surface area contributed by atoms with E-state index in [4.69, 9.17) is 0 Å². The average molecular weight is 579 g/mol. The number of nitrogens with one attached hydrogen (secondary N) is 4. The maximum Gasteiger partial charge on any atom is 0.251 e. The summed E-state index contributed by atoms with van der Waals surface area (Å²) in [5.74, 6) is -0.775. The minimum atomic E-state index is -0.563. The van der Waals surface area contributed by atoms with Gasteiger partial charge in [0.05, 0.1) is 0 Å². The van der Waals surface area contributed by atoms with Crippen LogP contribution in [-0.4, -0.2) is 48.8 Å². The van der Waals surface area contributed by atoms with E-state index >= 15 is 0 Å². The fourth-order valence-electron chi connectivity index (χ4n) is 4.65. The number of benzene rings is 2. The molecule has 0 heterocycles. The Labute approximate surface area is 251 Å². The van der Waals surface area contributed by atoms with Crippen LogP contribution in [-0.2, 0) is 9.59 Å². The lowest BCUT2D eigenvalue weighted by Crippen LogP contribution is -2.49.